The first-order chi connectivity index (χ1) is 13.3. The molecule has 1 saturated heterocycles. The van der Waals surface area contributed by atoms with E-state index in [4.69, 9.17) is 4.74 Å². The zero-order chi connectivity index (χ0) is 19.6. The van der Waals surface area contributed by atoms with Crippen LogP contribution in [0.3, 0.4) is 0 Å². The molecule has 0 amide bonds. The van der Waals surface area contributed by atoms with E-state index in [2.05, 4.69) is 6.92 Å². The van der Waals surface area contributed by atoms with Crippen LogP contribution in [-0.2, 0) is 9.53 Å². The molecular formula is C24H46O2S. The summed E-state index contributed by atoms with van der Waals surface area (Å²) in [5.41, 5.74) is 0. The summed E-state index contributed by atoms with van der Waals surface area (Å²) in [5, 5.41) is 0.708. The predicted octanol–water partition coefficient (Wildman–Crippen LogP) is 8.08. The molecule has 1 aliphatic heterocycles. The Labute approximate surface area is 174 Å². The lowest BCUT2D eigenvalue weighted by atomic mass is 10.0. The van der Waals surface area contributed by atoms with Crippen molar-refractivity contribution >= 4 is 17.7 Å². The molecule has 0 aromatic rings. The summed E-state index contributed by atoms with van der Waals surface area (Å²) in [6, 6.07) is 0. The number of esters is 1. The number of carbonyl (C=O) groups excluding carboxylic acids is 1. The summed E-state index contributed by atoms with van der Waals surface area (Å²) in [5.74, 6) is -0.0209. The van der Waals surface area contributed by atoms with E-state index in [1.54, 1.807) is 11.8 Å². The summed E-state index contributed by atoms with van der Waals surface area (Å²) in [7, 11) is 1.49. The number of rotatable bonds is 20. The van der Waals surface area contributed by atoms with Crippen LogP contribution in [0, 0.1) is 0 Å². The van der Waals surface area contributed by atoms with Gasteiger partial charge in [0.1, 0.15) is 5.25 Å². The fraction of sp³-hybridized carbons (Fsp3) is 0.958. The van der Waals surface area contributed by atoms with Crippen molar-refractivity contribution in [3.05, 3.63) is 0 Å². The van der Waals surface area contributed by atoms with E-state index in [1.807, 2.05) is 0 Å². The molecule has 1 fully saturated rings. The number of unbranched alkanes of at least 4 members (excludes halogenated alkanes) is 17. The molecule has 0 aliphatic carbocycles. The molecule has 2 nitrogen and oxygen atoms in total. The molecule has 0 bridgehead atoms. The van der Waals surface area contributed by atoms with E-state index in [9.17, 15) is 4.79 Å². The first-order valence-electron chi connectivity index (χ1n) is 12.0. The molecule has 3 heteroatoms. The van der Waals surface area contributed by atoms with Crippen molar-refractivity contribution in [2.24, 2.45) is 0 Å². The molecule has 0 saturated carbocycles. The van der Waals surface area contributed by atoms with Crippen molar-refractivity contribution in [3.8, 4) is 0 Å². The average Bonchev–Trinajstić information content (AvgIpc) is 3.46. The van der Waals surface area contributed by atoms with Gasteiger partial charge in [0.05, 0.1) is 7.11 Å². The lowest BCUT2D eigenvalue weighted by Gasteiger charge is -2.04. The van der Waals surface area contributed by atoms with Crippen molar-refractivity contribution in [3.63, 3.8) is 0 Å². The maximum Gasteiger partial charge on any atom is 0.319 e. The molecule has 0 N–H and O–H groups in total. The Balaban J connectivity index is 1.66. The van der Waals surface area contributed by atoms with Gasteiger partial charge in [0.25, 0.3) is 0 Å². The van der Waals surface area contributed by atoms with Gasteiger partial charge < -0.3 is 4.74 Å². The summed E-state index contributed by atoms with van der Waals surface area (Å²) >= 11 is 1.78. The minimum absolute atomic E-state index is 0.0209. The summed E-state index contributed by atoms with van der Waals surface area (Å²) in [6.45, 7) is 2.29. The van der Waals surface area contributed by atoms with Crippen LogP contribution in [0.5, 0.6) is 0 Å². The Morgan fingerprint density at radius 3 is 1.41 bits per heavy atom. The second kappa shape index (κ2) is 17.9. The van der Waals surface area contributed by atoms with Crippen LogP contribution in [0.2, 0.25) is 0 Å². The van der Waals surface area contributed by atoms with Crippen LogP contribution in [0.1, 0.15) is 129 Å². The van der Waals surface area contributed by atoms with Crippen LogP contribution in [0.25, 0.3) is 0 Å². The Morgan fingerprint density at radius 1 is 0.667 bits per heavy atom. The first-order valence-corrected chi connectivity index (χ1v) is 13.0. The SMILES string of the molecule is CCCCCCCCCCCCCCCCCCCCC1SC1C(=O)OC. The molecule has 0 spiro atoms. The second-order valence-corrected chi connectivity index (χ2v) is 9.80. The van der Waals surface area contributed by atoms with Gasteiger partial charge in [0.15, 0.2) is 0 Å². The van der Waals surface area contributed by atoms with Gasteiger partial charge in [-0.25, -0.2) is 0 Å². The van der Waals surface area contributed by atoms with E-state index < -0.39 is 0 Å². The van der Waals surface area contributed by atoms with Gasteiger partial charge in [0, 0.05) is 5.25 Å². The summed E-state index contributed by atoms with van der Waals surface area (Å²) in [4.78, 5) is 11.3. The van der Waals surface area contributed by atoms with E-state index >= 15 is 0 Å². The number of methoxy groups -OCH3 is 1. The van der Waals surface area contributed by atoms with Crippen LogP contribution in [0.4, 0.5) is 0 Å². The molecule has 0 aromatic carbocycles. The number of hydrogen-bond acceptors (Lipinski definition) is 3. The lowest BCUT2D eigenvalue weighted by molar-refractivity contribution is -0.139. The highest BCUT2D eigenvalue weighted by atomic mass is 32.2. The molecule has 1 heterocycles. The third-order valence-electron chi connectivity index (χ3n) is 5.86. The highest BCUT2D eigenvalue weighted by Gasteiger charge is 2.44. The van der Waals surface area contributed by atoms with Crippen molar-refractivity contribution < 1.29 is 9.53 Å². The Morgan fingerprint density at radius 2 is 1.04 bits per heavy atom. The number of ether oxygens (including phenoxy) is 1. The van der Waals surface area contributed by atoms with E-state index in [0.29, 0.717) is 5.25 Å². The van der Waals surface area contributed by atoms with Crippen molar-refractivity contribution in [1.29, 1.82) is 0 Å². The lowest BCUT2D eigenvalue weighted by Crippen LogP contribution is -2.10. The minimum atomic E-state index is -0.0209. The molecule has 1 aliphatic rings. The topological polar surface area (TPSA) is 26.3 Å². The number of thioether (sulfide) groups is 1. The molecule has 1 rings (SSSR count). The number of carbonyl (C=O) groups is 1. The Kier molecular flexibility index (Phi) is 16.5. The largest absolute Gasteiger partial charge is 0.468 e. The average molecular weight is 399 g/mol. The molecule has 2 atom stereocenters. The maximum atomic E-state index is 11.3. The zero-order valence-corrected chi connectivity index (χ0v) is 19.1. The molecule has 0 aromatic heterocycles. The highest BCUT2D eigenvalue weighted by Crippen LogP contribution is 2.45. The predicted molar refractivity (Wildman–Crippen MR) is 121 cm³/mol. The van der Waals surface area contributed by atoms with Gasteiger partial charge >= 0.3 is 5.97 Å². The highest BCUT2D eigenvalue weighted by molar-refractivity contribution is 8.08. The van der Waals surface area contributed by atoms with Gasteiger partial charge in [-0.3, -0.25) is 4.79 Å². The van der Waals surface area contributed by atoms with Crippen LogP contribution >= 0.6 is 11.8 Å². The van der Waals surface area contributed by atoms with E-state index in [0.717, 1.165) is 0 Å². The molecule has 2 unspecified atom stereocenters. The minimum Gasteiger partial charge on any atom is -0.468 e. The summed E-state index contributed by atoms with van der Waals surface area (Å²) in [6.07, 6.45) is 26.8. The third-order valence-corrected chi connectivity index (χ3v) is 7.22. The normalized spacial score (nSPS) is 18.6. The van der Waals surface area contributed by atoms with Gasteiger partial charge in [-0.1, -0.05) is 122 Å². The molecule has 27 heavy (non-hydrogen) atoms. The van der Waals surface area contributed by atoms with Crippen LogP contribution in [-0.4, -0.2) is 23.6 Å². The van der Waals surface area contributed by atoms with Crippen LogP contribution in [0.15, 0.2) is 0 Å². The maximum absolute atomic E-state index is 11.3. The Hall–Kier alpha value is -0.180. The van der Waals surface area contributed by atoms with Crippen LogP contribution < -0.4 is 0 Å². The zero-order valence-electron chi connectivity index (χ0n) is 18.3. The van der Waals surface area contributed by atoms with E-state index in [1.165, 1.54) is 129 Å². The third kappa shape index (κ3) is 14.5. The van der Waals surface area contributed by atoms with Gasteiger partial charge in [-0.2, -0.15) is 0 Å². The number of hydrogen-bond donors (Lipinski definition) is 0. The second-order valence-electron chi connectivity index (χ2n) is 8.42. The molecule has 160 valence electrons. The smallest absolute Gasteiger partial charge is 0.319 e. The fourth-order valence-corrected chi connectivity index (χ4v) is 4.98. The van der Waals surface area contributed by atoms with Gasteiger partial charge in [0.2, 0.25) is 0 Å². The van der Waals surface area contributed by atoms with Crippen molar-refractivity contribution in [2.75, 3.05) is 7.11 Å². The molecular weight excluding hydrogens is 352 g/mol. The molecule has 0 radical (unpaired) electrons. The van der Waals surface area contributed by atoms with Gasteiger partial charge in [-0.15, -0.1) is 11.8 Å². The van der Waals surface area contributed by atoms with Crippen molar-refractivity contribution in [2.45, 2.75) is 139 Å². The van der Waals surface area contributed by atoms with E-state index in [-0.39, 0.29) is 11.2 Å². The fourth-order valence-electron chi connectivity index (χ4n) is 3.93. The monoisotopic (exact) mass is 398 g/mol. The summed E-state index contributed by atoms with van der Waals surface area (Å²) < 4.78 is 4.78. The van der Waals surface area contributed by atoms with Gasteiger partial charge in [-0.05, 0) is 6.42 Å². The standard InChI is InChI=1S/C24H46O2S/c1-3-4-5-6-7-8-9-10-11-12-13-14-15-16-17-18-19-20-21-22-23(27-22)24(25)26-2/h22-23H,3-21H2,1-2H3. The quantitative estimate of drug-likeness (QED) is 0.118. The first kappa shape index (κ1) is 24.9. The van der Waals surface area contributed by atoms with Crippen molar-refractivity contribution in [1.82, 2.24) is 0 Å². The Bertz CT molecular complexity index is 345.